The third-order valence-corrected chi connectivity index (χ3v) is 3.25. The smallest absolute Gasteiger partial charge is 0.251 e. The highest BCUT2D eigenvalue weighted by Gasteiger charge is 2.11. The fraction of sp³-hybridized carbons (Fsp3) is 0.529. The number of hydrogen-bond donors (Lipinski definition) is 2. The van der Waals surface area contributed by atoms with Crippen molar-refractivity contribution in [2.45, 2.75) is 33.6 Å². The largest absolute Gasteiger partial charge is 0.376 e. The second kappa shape index (κ2) is 9.82. The summed E-state index contributed by atoms with van der Waals surface area (Å²) in [5.74, 6) is -0.0109. The summed E-state index contributed by atoms with van der Waals surface area (Å²) in [6.07, 6.45) is 1.91. The molecule has 0 aliphatic carbocycles. The molecule has 2 amide bonds. The number of carbonyl (C=O) groups is 2. The molecule has 5 nitrogen and oxygen atoms in total. The van der Waals surface area contributed by atoms with E-state index in [-0.39, 0.29) is 18.4 Å². The Morgan fingerprint density at radius 3 is 2.36 bits per heavy atom. The van der Waals surface area contributed by atoms with Crippen molar-refractivity contribution in [1.82, 2.24) is 10.2 Å². The fourth-order valence-corrected chi connectivity index (χ4v) is 2.22. The number of anilines is 1. The predicted molar refractivity (Wildman–Crippen MR) is 90.1 cm³/mol. The summed E-state index contributed by atoms with van der Waals surface area (Å²) in [7, 11) is 0. The Labute approximate surface area is 133 Å². The lowest BCUT2D eigenvalue weighted by Crippen LogP contribution is -2.36. The third kappa shape index (κ3) is 5.76. The molecule has 0 unspecified atom stereocenters. The van der Waals surface area contributed by atoms with Crippen molar-refractivity contribution in [2.24, 2.45) is 0 Å². The van der Waals surface area contributed by atoms with E-state index >= 15 is 0 Å². The van der Waals surface area contributed by atoms with Gasteiger partial charge in [-0.15, -0.1) is 0 Å². The summed E-state index contributed by atoms with van der Waals surface area (Å²) in [4.78, 5) is 25.9. The van der Waals surface area contributed by atoms with Crippen molar-refractivity contribution < 1.29 is 9.59 Å². The molecule has 1 aromatic rings. The number of nitrogens with one attached hydrogen (secondary N) is 2. The van der Waals surface area contributed by atoms with Crippen LogP contribution < -0.4 is 10.6 Å². The molecule has 0 heterocycles. The molecular weight excluding hydrogens is 278 g/mol. The molecular formula is C17H27N3O2. The molecule has 122 valence electrons. The van der Waals surface area contributed by atoms with Crippen LogP contribution in [-0.2, 0) is 4.79 Å². The predicted octanol–water partition coefficient (Wildman–Crippen LogP) is 2.50. The number of amides is 2. The first-order valence-electron chi connectivity index (χ1n) is 8.02. The molecule has 0 fully saturated rings. The first-order chi connectivity index (χ1) is 10.6. The summed E-state index contributed by atoms with van der Waals surface area (Å²) in [5, 5.41) is 5.87. The van der Waals surface area contributed by atoms with Crippen LogP contribution in [-0.4, -0.2) is 42.9 Å². The van der Waals surface area contributed by atoms with Gasteiger partial charge in [-0.25, -0.2) is 0 Å². The highest BCUT2D eigenvalue weighted by atomic mass is 16.2. The number of benzene rings is 1. The van der Waals surface area contributed by atoms with E-state index in [0.29, 0.717) is 12.1 Å². The quantitative estimate of drug-likeness (QED) is 0.737. The second-order valence-electron chi connectivity index (χ2n) is 5.17. The summed E-state index contributed by atoms with van der Waals surface area (Å²) < 4.78 is 0. The molecule has 0 saturated heterocycles. The van der Waals surface area contributed by atoms with E-state index in [1.807, 2.05) is 24.0 Å². The molecule has 22 heavy (non-hydrogen) atoms. The van der Waals surface area contributed by atoms with Gasteiger partial charge in [0.1, 0.15) is 0 Å². The minimum Gasteiger partial charge on any atom is -0.376 e. The Bertz CT molecular complexity index is 483. The summed E-state index contributed by atoms with van der Waals surface area (Å²) >= 11 is 0. The van der Waals surface area contributed by atoms with Crippen LogP contribution in [0.1, 0.15) is 44.0 Å². The SMILES string of the molecule is CCCN(CCC)C(=O)CNc1cccc(C(=O)NCC)c1. The third-order valence-electron chi connectivity index (χ3n) is 3.25. The van der Waals surface area contributed by atoms with Crippen LogP contribution in [0.15, 0.2) is 24.3 Å². The van der Waals surface area contributed by atoms with Crippen molar-refractivity contribution in [1.29, 1.82) is 0 Å². The molecule has 0 saturated carbocycles. The van der Waals surface area contributed by atoms with Gasteiger partial charge in [0, 0.05) is 30.9 Å². The first kappa shape index (κ1) is 18.0. The van der Waals surface area contributed by atoms with Crippen LogP contribution in [0.5, 0.6) is 0 Å². The average molecular weight is 305 g/mol. The monoisotopic (exact) mass is 305 g/mol. The highest BCUT2D eigenvalue weighted by molar-refractivity contribution is 5.95. The van der Waals surface area contributed by atoms with Crippen LogP contribution in [0.3, 0.4) is 0 Å². The molecule has 0 atom stereocenters. The minimum atomic E-state index is -0.101. The molecule has 0 aromatic heterocycles. The fourth-order valence-electron chi connectivity index (χ4n) is 2.22. The first-order valence-corrected chi connectivity index (χ1v) is 8.02. The molecule has 0 aliphatic heterocycles. The van der Waals surface area contributed by atoms with Crippen LogP contribution in [0.2, 0.25) is 0 Å². The maximum Gasteiger partial charge on any atom is 0.251 e. The van der Waals surface area contributed by atoms with Crippen molar-refractivity contribution in [3.63, 3.8) is 0 Å². The maximum absolute atomic E-state index is 12.2. The van der Waals surface area contributed by atoms with Gasteiger partial charge in [0.15, 0.2) is 0 Å². The second-order valence-corrected chi connectivity index (χ2v) is 5.17. The van der Waals surface area contributed by atoms with Crippen molar-refractivity contribution in [2.75, 3.05) is 31.5 Å². The Kier molecular flexibility index (Phi) is 8.04. The standard InChI is InChI=1S/C17H27N3O2/c1-4-10-20(11-5-2)16(21)13-19-15-9-7-8-14(12-15)17(22)18-6-3/h7-9,12,19H,4-6,10-11,13H2,1-3H3,(H,18,22). The molecule has 1 aromatic carbocycles. The Morgan fingerprint density at radius 2 is 1.77 bits per heavy atom. The Balaban J connectivity index is 2.61. The summed E-state index contributed by atoms with van der Waals surface area (Å²) in [6.45, 7) is 8.44. The zero-order valence-electron chi connectivity index (χ0n) is 13.8. The Hall–Kier alpha value is -2.04. The number of carbonyl (C=O) groups excluding carboxylic acids is 2. The van der Waals surface area contributed by atoms with E-state index in [4.69, 9.17) is 0 Å². The van der Waals surface area contributed by atoms with Crippen molar-refractivity contribution in [3.8, 4) is 0 Å². The summed E-state index contributed by atoms with van der Waals surface area (Å²) in [5.41, 5.74) is 1.38. The van der Waals surface area contributed by atoms with Crippen molar-refractivity contribution >= 4 is 17.5 Å². The van der Waals surface area contributed by atoms with Crippen LogP contribution in [0, 0.1) is 0 Å². The van der Waals surface area contributed by atoms with E-state index < -0.39 is 0 Å². The normalized spacial score (nSPS) is 10.1. The van der Waals surface area contributed by atoms with Gasteiger partial charge < -0.3 is 15.5 Å². The molecule has 0 radical (unpaired) electrons. The van der Waals surface area contributed by atoms with E-state index in [2.05, 4.69) is 24.5 Å². The summed E-state index contributed by atoms with van der Waals surface area (Å²) in [6, 6.07) is 7.20. The zero-order chi connectivity index (χ0) is 16.4. The van der Waals surface area contributed by atoms with E-state index in [9.17, 15) is 9.59 Å². The van der Waals surface area contributed by atoms with Gasteiger partial charge in [-0.2, -0.15) is 0 Å². The van der Waals surface area contributed by atoms with Gasteiger partial charge in [0.25, 0.3) is 5.91 Å². The number of hydrogen-bond acceptors (Lipinski definition) is 3. The van der Waals surface area contributed by atoms with Gasteiger partial charge >= 0.3 is 0 Å². The Morgan fingerprint density at radius 1 is 1.09 bits per heavy atom. The van der Waals surface area contributed by atoms with Gasteiger partial charge in [-0.05, 0) is 38.0 Å². The lowest BCUT2D eigenvalue weighted by molar-refractivity contribution is -0.129. The van der Waals surface area contributed by atoms with Gasteiger partial charge in [0.05, 0.1) is 6.54 Å². The van der Waals surface area contributed by atoms with Gasteiger partial charge in [-0.1, -0.05) is 19.9 Å². The highest BCUT2D eigenvalue weighted by Crippen LogP contribution is 2.10. The maximum atomic E-state index is 12.2. The van der Waals surface area contributed by atoms with Gasteiger partial charge in [0.2, 0.25) is 5.91 Å². The van der Waals surface area contributed by atoms with Crippen LogP contribution >= 0.6 is 0 Å². The van der Waals surface area contributed by atoms with E-state index in [1.54, 1.807) is 12.1 Å². The van der Waals surface area contributed by atoms with E-state index in [1.165, 1.54) is 0 Å². The van der Waals surface area contributed by atoms with Crippen LogP contribution in [0.25, 0.3) is 0 Å². The van der Waals surface area contributed by atoms with Gasteiger partial charge in [-0.3, -0.25) is 9.59 Å². The van der Waals surface area contributed by atoms with Crippen LogP contribution in [0.4, 0.5) is 5.69 Å². The lowest BCUT2D eigenvalue weighted by atomic mass is 10.2. The molecule has 5 heteroatoms. The number of nitrogens with zero attached hydrogens (tertiary/aromatic N) is 1. The van der Waals surface area contributed by atoms with Crippen molar-refractivity contribution in [3.05, 3.63) is 29.8 Å². The zero-order valence-corrected chi connectivity index (χ0v) is 13.8. The average Bonchev–Trinajstić information content (AvgIpc) is 2.53. The topological polar surface area (TPSA) is 61.4 Å². The molecule has 1 rings (SSSR count). The molecule has 0 bridgehead atoms. The molecule has 2 N–H and O–H groups in total. The lowest BCUT2D eigenvalue weighted by Gasteiger charge is -2.22. The molecule has 0 spiro atoms. The molecule has 0 aliphatic rings. The number of rotatable bonds is 9. The minimum absolute atomic E-state index is 0.0899. The van der Waals surface area contributed by atoms with E-state index in [0.717, 1.165) is 31.6 Å².